The summed E-state index contributed by atoms with van der Waals surface area (Å²) in [5, 5.41) is 3.34. The molecule has 0 radical (unpaired) electrons. The van der Waals surface area contributed by atoms with Gasteiger partial charge in [0.2, 0.25) is 0 Å². The number of para-hydroxylation sites is 2. The van der Waals surface area contributed by atoms with E-state index in [0.717, 1.165) is 94.8 Å². The molecular weight excluding hydrogens is 779 g/mol. The zero-order valence-corrected chi connectivity index (χ0v) is 34.6. The molecule has 1 spiro atoms. The minimum absolute atomic E-state index is 0.586. The smallest absolute Gasteiger partial charge is 0.160 e. The van der Waals surface area contributed by atoms with Gasteiger partial charge in [-0.05, 0) is 81.2 Å². The van der Waals surface area contributed by atoms with Crippen LogP contribution in [-0.4, -0.2) is 15.0 Å². The van der Waals surface area contributed by atoms with Crippen molar-refractivity contribution in [3.05, 3.63) is 247 Å². The monoisotopic (exact) mass is 815 g/mol. The summed E-state index contributed by atoms with van der Waals surface area (Å²) in [5.74, 6) is 2.43. The summed E-state index contributed by atoms with van der Waals surface area (Å²) < 4.78 is 6.66. The first-order chi connectivity index (χ1) is 31.7. The van der Waals surface area contributed by atoms with Gasteiger partial charge in [0, 0.05) is 44.2 Å². The van der Waals surface area contributed by atoms with Crippen molar-refractivity contribution in [3.8, 4) is 78.9 Å². The number of hydrogen-bond acceptors (Lipinski definition) is 4. The Bertz CT molecular complexity index is 3590. The second-order valence-electron chi connectivity index (χ2n) is 16.7. The Kier molecular flexibility index (Phi) is 8.09. The van der Waals surface area contributed by atoms with Crippen LogP contribution in [0.3, 0.4) is 0 Å². The fourth-order valence-electron chi connectivity index (χ4n) is 10.3. The molecule has 3 heterocycles. The highest BCUT2D eigenvalue weighted by Gasteiger charge is 2.51. The third kappa shape index (κ3) is 5.52. The van der Waals surface area contributed by atoms with Crippen LogP contribution in [0.4, 0.5) is 0 Å². The predicted octanol–water partition coefficient (Wildman–Crippen LogP) is 15.0. The lowest BCUT2D eigenvalue weighted by Crippen LogP contribution is -2.32. The maximum atomic E-state index is 6.66. The predicted molar refractivity (Wildman–Crippen MR) is 259 cm³/mol. The summed E-state index contributed by atoms with van der Waals surface area (Å²) in [6.07, 6.45) is 0. The van der Waals surface area contributed by atoms with Gasteiger partial charge in [0.1, 0.15) is 11.5 Å². The molecule has 4 heteroatoms. The van der Waals surface area contributed by atoms with Crippen LogP contribution < -0.4 is 4.74 Å². The molecule has 11 aromatic rings. The number of rotatable bonds is 5. The van der Waals surface area contributed by atoms with Crippen LogP contribution in [0.25, 0.3) is 89.1 Å². The largest absolute Gasteiger partial charge is 0.457 e. The molecule has 64 heavy (non-hydrogen) atoms. The van der Waals surface area contributed by atoms with Gasteiger partial charge in [0.25, 0.3) is 0 Å². The second-order valence-corrected chi connectivity index (χ2v) is 16.7. The lowest BCUT2D eigenvalue weighted by molar-refractivity contribution is 0.436. The summed E-state index contributed by atoms with van der Waals surface area (Å²) in [4.78, 5) is 16.0. The number of ether oxygens (including phenoxy) is 1. The molecule has 0 saturated heterocycles. The van der Waals surface area contributed by atoms with E-state index in [1.54, 1.807) is 0 Å². The maximum absolute atomic E-state index is 6.66. The van der Waals surface area contributed by atoms with Gasteiger partial charge in [-0.1, -0.05) is 182 Å². The molecular formula is C60H37N3O. The molecule has 0 N–H and O–H groups in total. The van der Waals surface area contributed by atoms with Gasteiger partial charge in [-0.3, -0.25) is 0 Å². The van der Waals surface area contributed by atoms with Crippen molar-refractivity contribution in [1.82, 2.24) is 15.0 Å². The Hall–Kier alpha value is -8.47. The first kappa shape index (κ1) is 36.2. The average molecular weight is 816 g/mol. The van der Waals surface area contributed by atoms with Gasteiger partial charge in [0.15, 0.2) is 5.82 Å². The fourth-order valence-corrected chi connectivity index (χ4v) is 10.3. The van der Waals surface area contributed by atoms with Crippen molar-refractivity contribution < 1.29 is 4.74 Å². The Labute approximate surface area is 370 Å². The summed E-state index contributed by atoms with van der Waals surface area (Å²) >= 11 is 0. The number of fused-ring (bicyclic) bond motifs is 12. The van der Waals surface area contributed by atoms with Crippen LogP contribution in [-0.2, 0) is 5.41 Å². The molecule has 298 valence electrons. The molecule has 0 atom stereocenters. The Morgan fingerprint density at radius 2 is 0.875 bits per heavy atom. The number of hydrogen-bond donors (Lipinski definition) is 0. The Morgan fingerprint density at radius 1 is 0.312 bits per heavy atom. The van der Waals surface area contributed by atoms with E-state index < -0.39 is 5.41 Å². The normalized spacial score (nSPS) is 12.9. The fraction of sp³-hybridized carbons (Fsp3) is 0.0167. The molecule has 1 aliphatic carbocycles. The molecule has 0 saturated carbocycles. The number of aromatic nitrogens is 3. The van der Waals surface area contributed by atoms with Crippen LogP contribution in [0.5, 0.6) is 11.5 Å². The first-order valence-corrected chi connectivity index (χ1v) is 21.8. The molecule has 0 amide bonds. The standard InChI is InChI=1S/C60H37N3O/c1-4-17-38(18-5-1)41-23-16-24-42(33-41)53-37-54(63-59(62-53)40-21-8-3-9-22-40)43-31-32-45-46-36-52-47(35-48(46)58(61-55(45)34-43)39-19-6-2-7-20-39)44-25-10-11-26-49(44)60(52)50-27-12-14-29-56(50)64-57-30-15-13-28-51(57)60/h1-37H. The van der Waals surface area contributed by atoms with Crippen LogP contribution in [0.15, 0.2) is 224 Å². The lowest BCUT2D eigenvalue weighted by Gasteiger charge is -2.39. The molecule has 0 fully saturated rings. The van der Waals surface area contributed by atoms with Crippen LogP contribution >= 0.6 is 0 Å². The van der Waals surface area contributed by atoms with Crippen LogP contribution in [0.1, 0.15) is 22.3 Å². The van der Waals surface area contributed by atoms with Gasteiger partial charge in [0.05, 0.1) is 28.0 Å². The third-order valence-corrected chi connectivity index (χ3v) is 13.1. The summed E-state index contributed by atoms with van der Waals surface area (Å²) in [7, 11) is 0. The average Bonchev–Trinajstić information content (AvgIpc) is 3.65. The highest BCUT2D eigenvalue weighted by atomic mass is 16.5. The van der Waals surface area contributed by atoms with Crippen molar-refractivity contribution in [3.63, 3.8) is 0 Å². The van der Waals surface area contributed by atoms with E-state index >= 15 is 0 Å². The molecule has 0 bridgehead atoms. The minimum Gasteiger partial charge on any atom is -0.457 e. The zero-order chi connectivity index (χ0) is 42.2. The summed E-state index contributed by atoms with van der Waals surface area (Å²) in [6, 6.07) is 79.5. The first-order valence-electron chi connectivity index (χ1n) is 21.8. The van der Waals surface area contributed by atoms with Gasteiger partial charge in [-0.15, -0.1) is 0 Å². The number of benzene rings is 9. The van der Waals surface area contributed by atoms with Gasteiger partial charge < -0.3 is 4.74 Å². The summed E-state index contributed by atoms with van der Waals surface area (Å²) in [5.41, 5.74) is 16.5. The topological polar surface area (TPSA) is 47.9 Å². The molecule has 2 aliphatic rings. The minimum atomic E-state index is -0.586. The van der Waals surface area contributed by atoms with E-state index in [9.17, 15) is 0 Å². The van der Waals surface area contributed by atoms with Crippen molar-refractivity contribution in [2.45, 2.75) is 5.41 Å². The number of pyridine rings is 1. The molecule has 2 aromatic heterocycles. The van der Waals surface area contributed by atoms with Crippen molar-refractivity contribution >= 4 is 21.7 Å². The maximum Gasteiger partial charge on any atom is 0.160 e. The molecule has 4 nitrogen and oxygen atoms in total. The molecule has 1 aliphatic heterocycles. The van der Waals surface area contributed by atoms with Crippen LogP contribution in [0.2, 0.25) is 0 Å². The van der Waals surface area contributed by atoms with E-state index in [4.69, 9.17) is 19.7 Å². The highest BCUT2D eigenvalue weighted by Crippen LogP contribution is 2.62. The second kappa shape index (κ2) is 14.3. The van der Waals surface area contributed by atoms with E-state index in [2.05, 4.69) is 200 Å². The van der Waals surface area contributed by atoms with Crippen molar-refractivity contribution in [2.75, 3.05) is 0 Å². The number of nitrogens with zero attached hydrogens (tertiary/aromatic N) is 3. The Balaban J connectivity index is 1.06. The van der Waals surface area contributed by atoms with Gasteiger partial charge in [-0.2, -0.15) is 0 Å². The van der Waals surface area contributed by atoms with Crippen molar-refractivity contribution in [1.29, 1.82) is 0 Å². The molecule has 9 aromatic carbocycles. The van der Waals surface area contributed by atoms with E-state index in [1.165, 1.54) is 22.3 Å². The molecule has 13 rings (SSSR count). The SMILES string of the molecule is c1ccc(-c2cccc(-c3cc(-c4ccc5c(c4)nc(-c4ccccc4)c4cc6c(cc45)C4(c5ccccc5Oc5ccccc54)c4ccccc4-6)nc(-c4ccccc4)n3)c2)cc1. The quantitative estimate of drug-likeness (QED) is 0.162. The summed E-state index contributed by atoms with van der Waals surface area (Å²) in [6.45, 7) is 0. The van der Waals surface area contributed by atoms with Crippen molar-refractivity contribution in [2.24, 2.45) is 0 Å². The van der Waals surface area contributed by atoms with E-state index in [-0.39, 0.29) is 0 Å². The van der Waals surface area contributed by atoms with E-state index in [0.29, 0.717) is 5.82 Å². The molecule has 0 unspecified atom stereocenters. The van der Waals surface area contributed by atoms with Gasteiger partial charge >= 0.3 is 0 Å². The third-order valence-electron chi connectivity index (χ3n) is 13.1. The lowest BCUT2D eigenvalue weighted by atomic mass is 9.66. The van der Waals surface area contributed by atoms with Gasteiger partial charge in [-0.25, -0.2) is 15.0 Å². The zero-order valence-electron chi connectivity index (χ0n) is 34.6. The Morgan fingerprint density at radius 3 is 1.58 bits per heavy atom. The van der Waals surface area contributed by atoms with Crippen LogP contribution in [0, 0.1) is 0 Å². The highest BCUT2D eigenvalue weighted by molar-refractivity contribution is 6.14. The van der Waals surface area contributed by atoms with E-state index in [1.807, 2.05) is 24.3 Å².